The second-order valence-electron chi connectivity index (χ2n) is 6.64. The maximum Gasteiger partial charge on any atom is 0.316 e. The minimum Gasteiger partial charge on any atom is -0.0925 e. The van der Waals surface area contributed by atoms with Crippen molar-refractivity contribution in [3.05, 3.63) is 23.3 Å². The van der Waals surface area contributed by atoms with Crippen molar-refractivity contribution in [1.82, 2.24) is 0 Å². The van der Waals surface area contributed by atoms with Gasteiger partial charge in [0, 0.05) is 5.33 Å². The molecule has 2 rings (SSSR count). The topological polar surface area (TPSA) is 0 Å². The van der Waals surface area contributed by atoms with E-state index in [0.29, 0.717) is 0 Å². The highest BCUT2D eigenvalue weighted by atomic mass is 79.9. The first-order chi connectivity index (χ1) is 9.20. The van der Waals surface area contributed by atoms with E-state index in [1.807, 2.05) is 0 Å². The lowest BCUT2D eigenvalue weighted by molar-refractivity contribution is 0.282. The van der Waals surface area contributed by atoms with Crippen LogP contribution in [0.3, 0.4) is 0 Å². The molecule has 1 fully saturated rings. The third-order valence-electron chi connectivity index (χ3n) is 5.20. The quantitative estimate of drug-likeness (QED) is 0.355. The highest BCUT2D eigenvalue weighted by Crippen LogP contribution is 2.40. The van der Waals surface area contributed by atoms with Gasteiger partial charge in [-0.2, -0.15) is 0 Å². The number of rotatable bonds is 5. The fourth-order valence-corrected chi connectivity index (χ4v) is 4.09. The molecule has 1 saturated carbocycles. The fourth-order valence-electron chi connectivity index (χ4n) is 3.86. The lowest BCUT2D eigenvalue weighted by Gasteiger charge is -2.29. The van der Waals surface area contributed by atoms with Crippen molar-refractivity contribution in [3.8, 4) is 0 Å². The van der Waals surface area contributed by atoms with E-state index in [1.165, 1.54) is 51.4 Å². The molecule has 0 spiro atoms. The molecule has 20 heavy (non-hydrogen) atoms. The first kappa shape index (κ1) is 18.8. The van der Waals surface area contributed by atoms with Crippen molar-refractivity contribution >= 4 is 39.0 Å². The number of alkyl halides is 1. The molecule has 0 N–H and O–H groups in total. The van der Waals surface area contributed by atoms with Gasteiger partial charge in [-0.3, -0.25) is 0 Å². The zero-order valence-electron chi connectivity index (χ0n) is 12.6. The summed E-state index contributed by atoms with van der Waals surface area (Å²) in [4.78, 5) is 0. The van der Waals surface area contributed by atoms with Crippen molar-refractivity contribution in [2.24, 2.45) is 17.8 Å². The van der Waals surface area contributed by atoms with Gasteiger partial charge in [0.1, 0.15) is 0 Å². The summed E-state index contributed by atoms with van der Waals surface area (Å²) in [6, 6.07) is 0. The van der Waals surface area contributed by atoms with Gasteiger partial charge in [-0.05, 0) is 76.0 Å². The zero-order chi connectivity index (χ0) is 13.7. The van der Waals surface area contributed by atoms with E-state index in [9.17, 15) is 0 Å². The zero-order valence-corrected chi connectivity index (χ0v) is 14.2. The van der Waals surface area contributed by atoms with E-state index in [4.69, 9.17) is 0 Å². The Labute approximate surface area is 150 Å². The lowest BCUT2D eigenvalue weighted by atomic mass is 9.77. The van der Waals surface area contributed by atoms with E-state index >= 15 is 0 Å². The van der Waals surface area contributed by atoms with Gasteiger partial charge in [-0.1, -0.05) is 46.2 Å². The fraction of sp³-hybridized carbons (Fsp3) is 0.778. The largest absolute Gasteiger partial charge is 0.316 e. The first-order valence-electron chi connectivity index (χ1n) is 8.11. The molecule has 112 valence electrons. The molecule has 0 aliphatic heterocycles. The monoisotopic (exact) mass is 350 g/mol. The minimum atomic E-state index is 0. The van der Waals surface area contributed by atoms with Crippen molar-refractivity contribution < 1.29 is 0 Å². The predicted molar refractivity (Wildman–Crippen MR) is 97.3 cm³/mol. The predicted octanol–water partition coefficient (Wildman–Crippen LogP) is 5.35. The Balaban J connectivity index is 0.00000200. The Hall–Kier alpha value is 0.726. The van der Waals surface area contributed by atoms with E-state index < -0.39 is 0 Å². The summed E-state index contributed by atoms with van der Waals surface area (Å²) in [6.07, 6.45) is 16.0. The van der Waals surface area contributed by atoms with Gasteiger partial charge in [0.25, 0.3) is 0 Å². The molecule has 0 radical (unpaired) electrons. The Kier molecular flexibility index (Phi) is 9.09. The van der Waals surface area contributed by atoms with Gasteiger partial charge >= 0.3 is 23.1 Å². The average molecular weight is 352 g/mol. The summed E-state index contributed by atoms with van der Waals surface area (Å²) in [6.45, 7) is 4.79. The van der Waals surface area contributed by atoms with Crippen LogP contribution in [-0.2, 0) is 0 Å². The average Bonchev–Trinajstić information content (AvgIpc) is 2.84. The summed E-state index contributed by atoms with van der Waals surface area (Å²) in [7, 11) is 0. The van der Waals surface area contributed by atoms with Crippen molar-refractivity contribution in [2.45, 2.75) is 65.2 Å². The number of hydrogen-bond donors (Lipinski definition) is 0. The number of hydrogen-bond acceptors (Lipinski definition) is 0. The van der Waals surface area contributed by atoms with Crippen LogP contribution in [0.1, 0.15) is 65.2 Å². The second-order valence-corrected chi connectivity index (χ2v) is 7.44. The highest BCUT2D eigenvalue weighted by Gasteiger charge is 2.26. The smallest absolute Gasteiger partial charge is 0.0925 e. The van der Waals surface area contributed by atoms with Crippen molar-refractivity contribution in [2.75, 3.05) is 5.33 Å². The molecule has 3 unspecified atom stereocenters. The van der Waals surface area contributed by atoms with Gasteiger partial charge in [0.15, 0.2) is 0 Å². The summed E-state index contributed by atoms with van der Waals surface area (Å²) >= 11 is 3.54. The van der Waals surface area contributed by atoms with Crippen LogP contribution in [-0.4, -0.2) is 28.4 Å². The molecule has 0 saturated heterocycles. The number of halogens is 1. The molecule has 0 amide bonds. The molecule has 0 aromatic rings. The van der Waals surface area contributed by atoms with Crippen LogP contribution in [0.4, 0.5) is 0 Å². The van der Waals surface area contributed by atoms with Gasteiger partial charge in [-0.25, -0.2) is 0 Å². The SMILES string of the molecule is CC1=CCC(C(C)CC2CCCC2=CCCBr)CC1.[MgH2]. The maximum absolute atomic E-state index is 3.54. The highest BCUT2D eigenvalue weighted by molar-refractivity contribution is 9.09. The molecular weight excluding hydrogens is 320 g/mol. The molecule has 2 aliphatic carbocycles. The van der Waals surface area contributed by atoms with E-state index in [0.717, 1.165) is 23.1 Å². The summed E-state index contributed by atoms with van der Waals surface area (Å²) in [5, 5.41) is 1.12. The molecule has 2 aliphatic rings. The molecule has 0 bridgehead atoms. The van der Waals surface area contributed by atoms with E-state index in [2.05, 4.69) is 41.9 Å². The molecule has 3 atom stereocenters. The Morgan fingerprint density at radius 3 is 2.80 bits per heavy atom. The van der Waals surface area contributed by atoms with Gasteiger partial charge < -0.3 is 0 Å². The van der Waals surface area contributed by atoms with Crippen LogP contribution >= 0.6 is 15.9 Å². The summed E-state index contributed by atoms with van der Waals surface area (Å²) in [5.41, 5.74) is 3.39. The normalized spacial score (nSPS) is 29.9. The Morgan fingerprint density at radius 1 is 1.35 bits per heavy atom. The second kappa shape index (κ2) is 9.68. The van der Waals surface area contributed by atoms with Crippen LogP contribution < -0.4 is 0 Å². The van der Waals surface area contributed by atoms with Crippen LogP contribution in [0.2, 0.25) is 0 Å². The molecule has 0 nitrogen and oxygen atoms in total. The maximum atomic E-state index is 3.54. The third-order valence-corrected chi connectivity index (χ3v) is 5.66. The van der Waals surface area contributed by atoms with Crippen LogP contribution in [0, 0.1) is 17.8 Å². The lowest BCUT2D eigenvalue weighted by Crippen LogP contribution is -2.17. The summed E-state index contributed by atoms with van der Waals surface area (Å²) < 4.78 is 0. The van der Waals surface area contributed by atoms with Crippen molar-refractivity contribution in [1.29, 1.82) is 0 Å². The van der Waals surface area contributed by atoms with Crippen molar-refractivity contribution in [3.63, 3.8) is 0 Å². The minimum absolute atomic E-state index is 0. The van der Waals surface area contributed by atoms with E-state index in [1.54, 1.807) is 11.1 Å². The Bertz CT molecular complexity index is 345. The molecule has 2 heteroatoms. The van der Waals surface area contributed by atoms with E-state index in [-0.39, 0.29) is 23.1 Å². The van der Waals surface area contributed by atoms with Crippen LogP contribution in [0.25, 0.3) is 0 Å². The van der Waals surface area contributed by atoms with Gasteiger partial charge in [-0.15, -0.1) is 0 Å². The summed E-state index contributed by atoms with van der Waals surface area (Å²) in [5.74, 6) is 2.75. The van der Waals surface area contributed by atoms with Gasteiger partial charge in [0.05, 0.1) is 0 Å². The number of allylic oxidation sites excluding steroid dienone is 4. The molecular formula is C18H31BrMg. The molecule has 0 aromatic carbocycles. The molecule has 0 heterocycles. The van der Waals surface area contributed by atoms with Crippen LogP contribution in [0.15, 0.2) is 23.3 Å². The Morgan fingerprint density at radius 2 is 2.15 bits per heavy atom. The third kappa shape index (κ3) is 5.49. The standard InChI is InChI=1S/C18H29Br.Mg.2H/c1-14-8-10-16(11-9-14)15(2)13-18-6-3-5-17(18)7-4-12-19;;;/h7-8,15-16,18H,3-6,9-13H2,1-2H3;;;. The van der Waals surface area contributed by atoms with Crippen LogP contribution in [0.5, 0.6) is 0 Å². The van der Waals surface area contributed by atoms with Gasteiger partial charge in [0.2, 0.25) is 0 Å². The molecule has 0 aromatic heterocycles. The first-order valence-corrected chi connectivity index (χ1v) is 9.23.